The average Bonchev–Trinajstić information content (AvgIpc) is 2.52. The summed E-state index contributed by atoms with van der Waals surface area (Å²) < 4.78 is 11.4. The molecular weight excluding hydrogens is 264 g/mol. The second-order valence-electron chi connectivity index (χ2n) is 4.53. The van der Waals surface area contributed by atoms with Crippen LogP contribution in [0.4, 0.5) is 5.69 Å². The van der Waals surface area contributed by atoms with E-state index < -0.39 is 0 Å². The standard InChI is InChI=1S/C17H16N2O2/c1-2-20-13-8-4-9-14(16(13)18)21-15-10-3-6-12-7-5-11-19-17(12)15/h3-11H,2,18H2,1H3. The number of rotatable bonds is 4. The molecular formula is C17H16N2O2. The zero-order valence-electron chi connectivity index (χ0n) is 11.7. The molecule has 4 nitrogen and oxygen atoms in total. The van der Waals surface area contributed by atoms with Crippen molar-refractivity contribution in [2.75, 3.05) is 12.3 Å². The third-order valence-electron chi connectivity index (χ3n) is 3.14. The second-order valence-corrected chi connectivity index (χ2v) is 4.53. The van der Waals surface area contributed by atoms with Crippen molar-refractivity contribution in [1.82, 2.24) is 4.98 Å². The minimum Gasteiger partial charge on any atom is -0.492 e. The summed E-state index contributed by atoms with van der Waals surface area (Å²) in [6.07, 6.45) is 1.75. The predicted octanol–water partition coefficient (Wildman–Crippen LogP) is 4.01. The van der Waals surface area contributed by atoms with Gasteiger partial charge in [-0.25, -0.2) is 0 Å². The molecule has 2 aromatic carbocycles. The van der Waals surface area contributed by atoms with Gasteiger partial charge >= 0.3 is 0 Å². The molecule has 0 spiro atoms. The van der Waals surface area contributed by atoms with Crippen LogP contribution in [0.1, 0.15) is 6.92 Å². The lowest BCUT2D eigenvalue weighted by atomic mass is 10.2. The van der Waals surface area contributed by atoms with Gasteiger partial charge < -0.3 is 15.2 Å². The number of nitrogens with zero attached hydrogens (tertiary/aromatic N) is 1. The Kier molecular flexibility index (Phi) is 3.60. The maximum absolute atomic E-state index is 6.09. The van der Waals surface area contributed by atoms with Gasteiger partial charge in [-0.15, -0.1) is 0 Å². The molecule has 21 heavy (non-hydrogen) atoms. The molecule has 0 aliphatic rings. The van der Waals surface area contributed by atoms with Crippen molar-refractivity contribution in [3.8, 4) is 17.2 Å². The Labute approximate surface area is 123 Å². The van der Waals surface area contributed by atoms with E-state index in [0.29, 0.717) is 29.5 Å². The third-order valence-corrected chi connectivity index (χ3v) is 3.14. The molecule has 1 aromatic heterocycles. The number of nitrogens with two attached hydrogens (primary N) is 1. The van der Waals surface area contributed by atoms with Crippen LogP contribution in [-0.4, -0.2) is 11.6 Å². The number of pyridine rings is 1. The summed E-state index contributed by atoms with van der Waals surface area (Å²) in [5.41, 5.74) is 7.39. The first-order valence-electron chi connectivity index (χ1n) is 6.82. The molecule has 0 saturated carbocycles. The maximum Gasteiger partial charge on any atom is 0.154 e. The van der Waals surface area contributed by atoms with Gasteiger partial charge in [0.25, 0.3) is 0 Å². The van der Waals surface area contributed by atoms with E-state index in [2.05, 4.69) is 4.98 Å². The summed E-state index contributed by atoms with van der Waals surface area (Å²) in [7, 11) is 0. The van der Waals surface area contributed by atoms with Gasteiger partial charge in [-0.2, -0.15) is 0 Å². The molecule has 2 N–H and O–H groups in total. The van der Waals surface area contributed by atoms with Gasteiger partial charge in [0, 0.05) is 11.6 Å². The summed E-state index contributed by atoms with van der Waals surface area (Å²) in [6.45, 7) is 2.48. The predicted molar refractivity (Wildman–Crippen MR) is 83.8 cm³/mol. The van der Waals surface area contributed by atoms with Crippen molar-refractivity contribution in [3.63, 3.8) is 0 Å². The number of anilines is 1. The van der Waals surface area contributed by atoms with E-state index in [1.165, 1.54) is 0 Å². The van der Waals surface area contributed by atoms with Crippen LogP contribution in [0.15, 0.2) is 54.7 Å². The zero-order chi connectivity index (χ0) is 14.7. The fraction of sp³-hybridized carbons (Fsp3) is 0.118. The lowest BCUT2D eigenvalue weighted by Crippen LogP contribution is -1.99. The third kappa shape index (κ3) is 2.60. The largest absolute Gasteiger partial charge is 0.492 e. The number of nitrogen functional groups attached to an aromatic ring is 1. The summed E-state index contributed by atoms with van der Waals surface area (Å²) in [5.74, 6) is 1.87. The van der Waals surface area contributed by atoms with Crippen molar-refractivity contribution in [2.24, 2.45) is 0 Å². The fourth-order valence-electron chi connectivity index (χ4n) is 2.17. The van der Waals surface area contributed by atoms with E-state index in [0.717, 1.165) is 10.9 Å². The summed E-state index contributed by atoms with van der Waals surface area (Å²) in [4.78, 5) is 4.37. The molecule has 0 amide bonds. The molecule has 0 radical (unpaired) electrons. The van der Waals surface area contributed by atoms with Crippen LogP contribution in [0.2, 0.25) is 0 Å². The Bertz CT molecular complexity index is 766. The summed E-state index contributed by atoms with van der Waals surface area (Å²) in [5, 5.41) is 1.02. The number of aromatic nitrogens is 1. The molecule has 0 bridgehead atoms. The summed E-state index contributed by atoms with van der Waals surface area (Å²) in [6, 6.07) is 15.2. The number of benzene rings is 2. The highest BCUT2D eigenvalue weighted by Gasteiger charge is 2.10. The van der Waals surface area contributed by atoms with Crippen molar-refractivity contribution in [3.05, 3.63) is 54.7 Å². The first kappa shape index (κ1) is 13.2. The lowest BCUT2D eigenvalue weighted by molar-refractivity contribution is 0.340. The van der Waals surface area contributed by atoms with Gasteiger partial charge in [0.1, 0.15) is 17.0 Å². The van der Waals surface area contributed by atoms with Crippen molar-refractivity contribution >= 4 is 16.6 Å². The fourth-order valence-corrected chi connectivity index (χ4v) is 2.17. The van der Waals surface area contributed by atoms with Gasteiger partial charge in [0.15, 0.2) is 11.5 Å². The molecule has 3 aromatic rings. The Morgan fingerprint density at radius 1 is 0.952 bits per heavy atom. The smallest absolute Gasteiger partial charge is 0.154 e. The quantitative estimate of drug-likeness (QED) is 0.734. The average molecular weight is 280 g/mol. The highest BCUT2D eigenvalue weighted by Crippen LogP contribution is 2.36. The molecule has 4 heteroatoms. The van der Waals surface area contributed by atoms with Gasteiger partial charge in [0.2, 0.25) is 0 Å². The van der Waals surface area contributed by atoms with Crippen LogP contribution in [-0.2, 0) is 0 Å². The molecule has 0 fully saturated rings. The SMILES string of the molecule is CCOc1cccc(Oc2cccc3cccnc23)c1N. The van der Waals surface area contributed by atoms with E-state index in [4.69, 9.17) is 15.2 Å². The number of fused-ring (bicyclic) bond motifs is 1. The van der Waals surface area contributed by atoms with Crippen LogP contribution < -0.4 is 15.2 Å². The molecule has 0 atom stereocenters. The first-order valence-corrected chi connectivity index (χ1v) is 6.82. The Hall–Kier alpha value is -2.75. The van der Waals surface area contributed by atoms with Crippen molar-refractivity contribution < 1.29 is 9.47 Å². The van der Waals surface area contributed by atoms with Crippen LogP contribution in [0.3, 0.4) is 0 Å². The summed E-state index contributed by atoms with van der Waals surface area (Å²) >= 11 is 0. The molecule has 0 aliphatic carbocycles. The van der Waals surface area contributed by atoms with E-state index in [-0.39, 0.29) is 0 Å². The highest BCUT2D eigenvalue weighted by atomic mass is 16.5. The molecule has 0 unspecified atom stereocenters. The van der Waals surface area contributed by atoms with Crippen LogP contribution in [0.25, 0.3) is 10.9 Å². The minimum atomic E-state index is 0.493. The van der Waals surface area contributed by atoms with Crippen molar-refractivity contribution in [2.45, 2.75) is 6.92 Å². The number of para-hydroxylation sites is 2. The minimum absolute atomic E-state index is 0.493. The molecule has 0 saturated heterocycles. The molecule has 0 aliphatic heterocycles. The normalized spacial score (nSPS) is 10.5. The van der Waals surface area contributed by atoms with Gasteiger partial charge in [-0.05, 0) is 31.2 Å². The van der Waals surface area contributed by atoms with E-state index in [9.17, 15) is 0 Å². The molecule has 1 heterocycles. The van der Waals surface area contributed by atoms with Crippen LogP contribution >= 0.6 is 0 Å². The Balaban J connectivity index is 2.01. The number of hydrogen-bond acceptors (Lipinski definition) is 4. The van der Waals surface area contributed by atoms with Crippen LogP contribution in [0, 0.1) is 0 Å². The van der Waals surface area contributed by atoms with E-state index in [1.807, 2.05) is 55.5 Å². The number of ether oxygens (including phenoxy) is 2. The van der Waals surface area contributed by atoms with E-state index in [1.54, 1.807) is 6.20 Å². The topological polar surface area (TPSA) is 57.4 Å². The lowest BCUT2D eigenvalue weighted by Gasteiger charge is -2.13. The molecule has 3 rings (SSSR count). The highest BCUT2D eigenvalue weighted by molar-refractivity contribution is 5.84. The monoisotopic (exact) mass is 280 g/mol. The Morgan fingerprint density at radius 2 is 1.67 bits per heavy atom. The van der Waals surface area contributed by atoms with E-state index >= 15 is 0 Å². The van der Waals surface area contributed by atoms with Crippen molar-refractivity contribution in [1.29, 1.82) is 0 Å². The first-order chi connectivity index (χ1) is 10.3. The van der Waals surface area contributed by atoms with Gasteiger partial charge in [-0.1, -0.05) is 24.3 Å². The Morgan fingerprint density at radius 3 is 2.52 bits per heavy atom. The maximum atomic E-state index is 6.09. The van der Waals surface area contributed by atoms with Gasteiger partial charge in [0.05, 0.1) is 6.61 Å². The molecule has 106 valence electrons. The second kappa shape index (κ2) is 5.71. The zero-order valence-corrected chi connectivity index (χ0v) is 11.7. The van der Waals surface area contributed by atoms with Gasteiger partial charge in [-0.3, -0.25) is 4.98 Å². The number of hydrogen-bond donors (Lipinski definition) is 1. The van der Waals surface area contributed by atoms with Crippen LogP contribution in [0.5, 0.6) is 17.2 Å².